The van der Waals surface area contributed by atoms with Gasteiger partial charge in [-0.15, -0.1) is 0 Å². The molecule has 11 nitrogen and oxygen atoms in total. The maximum absolute atomic E-state index is 13.2. The monoisotopic (exact) mass is 940 g/mol. The Morgan fingerprint density at radius 1 is 0.476 bits per heavy atom. The van der Waals surface area contributed by atoms with Gasteiger partial charge in [-0.05, 0) is 62.7 Å². The van der Waals surface area contributed by atoms with Gasteiger partial charge in [0.1, 0.15) is 18.8 Å². The first-order valence-corrected chi connectivity index (χ1v) is 18.9. The fourth-order valence-corrected chi connectivity index (χ4v) is 6.90. The van der Waals surface area contributed by atoms with Gasteiger partial charge in [0.15, 0.2) is 0 Å². The standard InChI is InChI=1S/C14H22O7.C14H20O2.C11H7F13O2/c1-3-13(15)20-11-9-18-7-5-17-6-8-19-10-12-21-14(16)4-2;1-3-13(15)16-14(2)11-5-9-4-10(7-11)8-12(14)6-9;1-2-5(25)26-4-3-6(12,13)7(14,15)8(16,17)9(18,19)10(20,21)11(22,23)24/h3-4H,1-2,5-12H2;3,9-12H,1,4-8H2,2H3;2H,1,3-4H2. The SMILES string of the molecule is C=CC(=O)OC1(C)C2CC3CC(C2)CC1C3.C=CC(=O)OCCC(F)(F)C(F)(F)C(F)(F)C(F)(F)C(F)(F)C(F)(F)F.C=CC(=O)OCCOCCOCCOCCOC(=O)C=C. The van der Waals surface area contributed by atoms with Crippen LogP contribution in [0.15, 0.2) is 50.6 Å². The second-order valence-corrected chi connectivity index (χ2v) is 14.3. The number of alkyl halides is 13. The lowest BCUT2D eigenvalue weighted by Crippen LogP contribution is -2.70. The number of ether oxygens (including phenoxy) is 7. The van der Waals surface area contributed by atoms with E-state index in [4.69, 9.17) is 28.4 Å². The third-order valence-electron chi connectivity index (χ3n) is 10.1. The molecule has 63 heavy (non-hydrogen) atoms. The molecule has 0 aromatic carbocycles. The fourth-order valence-electron chi connectivity index (χ4n) is 6.90. The number of hydrogen-bond acceptors (Lipinski definition) is 11. The van der Waals surface area contributed by atoms with Crippen LogP contribution in [0.25, 0.3) is 0 Å². The Labute approximate surface area is 353 Å². The molecule has 24 heteroatoms. The number of hydrogen-bond donors (Lipinski definition) is 0. The Balaban J connectivity index is 0.000000483. The molecule has 4 bridgehead atoms. The second kappa shape index (κ2) is 24.2. The van der Waals surface area contributed by atoms with Crippen LogP contribution in [0.1, 0.15) is 45.4 Å². The van der Waals surface area contributed by atoms with E-state index in [9.17, 15) is 76.3 Å². The van der Waals surface area contributed by atoms with Crippen LogP contribution in [0.2, 0.25) is 0 Å². The molecule has 0 heterocycles. The van der Waals surface area contributed by atoms with Crippen molar-refractivity contribution in [1.29, 1.82) is 0 Å². The predicted octanol–water partition coefficient (Wildman–Crippen LogP) is 8.27. The van der Waals surface area contributed by atoms with Crippen LogP contribution in [-0.4, -0.2) is 125 Å². The summed E-state index contributed by atoms with van der Waals surface area (Å²) in [6, 6.07) is 0. The zero-order valence-corrected chi connectivity index (χ0v) is 34.0. The average Bonchev–Trinajstić information content (AvgIpc) is 3.20. The van der Waals surface area contributed by atoms with E-state index in [0.717, 1.165) is 24.0 Å². The molecule has 0 saturated heterocycles. The van der Waals surface area contributed by atoms with Crippen molar-refractivity contribution in [2.24, 2.45) is 23.7 Å². The maximum Gasteiger partial charge on any atom is 0.460 e. The first-order valence-electron chi connectivity index (χ1n) is 18.9. The minimum absolute atomic E-state index is 0.192. The van der Waals surface area contributed by atoms with E-state index in [-0.39, 0.29) is 24.8 Å². The highest BCUT2D eigenvalue weighted by Crippen LogP contribution is 2.61. The Bertz CT molecular complexity index is 1490. The topological polar surface area (TPSA) is 133 Å². The van der Waals surface area contributed by atoms with Crippen LogP contribution in [0.4, 0.5) is 57.1 Å². The van der Waals surface area contributed by atoms with Gasteiger partial charge in [-0.1, -0.05) is 26.3 Å². The first kappa shape index (κ1) is 56.8. The number of carbonyl (C=O) groups is 4. The normalized spacial score (nSPS) is 21.9. The summed E-state index contributed by atoms with van der Waals surface area (Å²) in [4.78, 5) is 43.3. The summed E-state index contributed by atoms with van der Waals surface area (Å²) in [5, 5.41) is 0. The van der Waals surface area contributed by atoms with E-state index in [1.165, 1.54) is 38.2 Å². The van der Waals surface area contributed by atoms with Gasteiger partial charge < -0.3 is 33.2 Å². The number of halogens is 13. The van der Waals surface area contributed by atoms with Gasteiger partial charge in [0.2, 0.25) is 0 Å². The van der Waals surface area contributed by atoms with Crippen molar-refractivity contribution in [2.75, 3.05) is 59.5 Å². The van der Waals surface area contributed by atoms with Crippen molar-refractivity contribution in [3.8, 4) is 0 Å². The maximum atomic E-state index is 13.2. The number of rotatable bonds is 24. The van der Waals surface area contributed by atoms with Gasteiger partial charge in [0.05, 0.1) is 52.7 Å². The second-order valence-electron chi connectivity index (χ2n) is 14.3. The first-order chi connectivity index (χ1) is 29.0. The Morgan fingerprint density at radius 3 is 1.13 bits per heavy atom. The highest BCUT2D eigenvalue weighted by molar-refractivity contribution is 5.82. The van der Waals surface area contributed by atoms with Gasteiger partial charge >= 0.3 is 59.7 Å². The van der Waals surface area contributed by atoms with Crippen LogP contribution >= 0.6 is 0 Å². The lowest BCUT2D eigenvalue weighted by molar-refractivity contribution is -0.440. The molecule has 4 aliphatic carbocycles. The molecule has 4 saturated carbocycles. The summed E-state index contributed by atoms with van der Waals surface area (Å²) in [5.41, 5.74) is -0.196. The molecular weight excluding hydrogens is 891 g/mol. The molecule has 4 rings (SSSR count). The highest BCUT2D eigenvalue weighted by Gasteiger charge is 2.90. The third-order valence-corrected chi connectivity index (χ3v) is 10.1. The minimum atomic E-state index is -7.94. The zero-order chi connectivity index (χ0) is 48.5. The quantitative estimate of drug-likeness (QED) is 0.0305. The summed E-state index contributed by atoms with van der Waals surface area (Å²) < 4.78 is 199. The molecule has 0 radical (unpaired) electrons. The molecule has 362 valence electrons. The third kappa shape index (κ3) is 15.2. The summed E-state index contributed by atoms with van der Waals surface area (Å²) >= 11 is 0. The van der Waals surface area contributed by atoms with Gasteiger partial charge in [-0.2, -0.15) is 57.1 Å². The van der Waals surface area contributed by atoms with Crippen molar-refractivity contribution in [1.82, 2.24) is 0 Å². The van der Waals surface area contributed by atoms with E-state index in [1.807, 2.05) is 0 Å². The molecule has 4 fully saturated rings. The fraction of sp³-hybridized carbons (Fsp3) is 0.692. The Hall–Kier alpha value is -4.19. The highest BCUT2D eigenvalue weighted by atomic mass is 19.4. The van der Waals surface area contributed by atoms with E-state index < -0.39 is 66.7 Å². The van der Waals surface area contributed by atoms with E-state index in [2.05, 4.69) is 38.0 Å². The molecule has 0 amide bonds. The van der Waals surface area contributed by atoms with Crippen molar-refractivity contribution in [3.63, 3.8) is 0 Å². The number of carbonyl (C=O) groups excluding carboxylic acids is 4. The van der Waals surface area contributed by atoms with Gasteiger partial charge in [-0.25, -0.2) is 19.2 Å². The Morgan fingerprint density at radius 2 is 0.794 bits per heavy atom. The largest absolute Gasteiger partial charge is 0.462 e. The van der Waals surface area contributed by atoms with E-state index in [1.54, 1.807) is 0 Å². The average molecular weight is 941 g/mol. The molecular formula is C39H49F13O11. The van der Waals surface area contributed by atoms with Crippen LogP contribution < -0.4 is 0 Å². The van der Waals surface area contributed by atoms with Crippen molar-refractivity contribution < 1.29 is 109 Å². The van der Waals surface area contributed by atoms with Gasteiger partial charge in [-0.3, -0.25) is 0 Å². The van der Waals surface area contributed by atoms with Crippen LogP contribution in [0, 0.1) is 23.7 Å². The molecule has 0 unspecified atom stereocenters. The van der Waals surface area contributed by atoms with Crippen molar-refractivity contribution in [3.05, 3.63) is 50.6 Å². The lowest BCUT2D eigenvalue weighted by atomic mass is 9.50. The van der Waals surface area contributed by atoms with Crippen molar-refractivity contribution >= 4 is 23.9 Å². The molecule has 0 atom stereocenters. The summed E-state index contributed by atoms with van der Waals surface area (Å²) in [5.74, 6) is -36.8. The molecule has 0 N–H and O–H groups in total. The smallest absolute Gasteiger partial charge is 0.460 e. The number of esters is 4. The van der Waals surface area contributed by atoms with Crippen molar-refractivity contribution in [2.45, 2.75) is 86.8 Å². The molecule has 4 aliphatic rings. The van der Waals surface area contributed by atoms with E-state index in [0.29, 0.717) is 57.6 Å². The minimum Gasteiger partial charge on any atom is -0.462 e. The zero-order valence-electron chi connectivity index (χ0n) is 34.0. The van der Waals surface area contributed by atoms with E-state index >= 15 is 0 Å². The molecule has 0 spiro atoms. The molecule has 0 aliphatic heterocycles. The summed E-state index contributed by atoms with van der Waals surface area (Å²) in [6.45, 7) is 15.8. The molecule has 0 aromatic heterocycles. The predicted molar refractivity (Wildman–Crippen MR) is 193 cm³/mol. The Kier molecular flexibility index (Phi) is 21.8. The lowest BCUT2D eigenvalue weighted by Gasteiger charge is -2.58. The van der Waals surface area contributed by atoms with Gasteiger partial charge in [0, 0.05) is 24.3 Å². The van der Waals surface area contributed by atoms with Crippen LogP contribution in [-0.2, 0) is 52.3 Å². The van der Waals surface area contributed by atoms with Crippen LogP contribution in [0.5, 0.6) is 0 Å². The summed E-state index contributed by atoms with van der Waals surface area (Å²) in [7, 11) is 0. The van der Waals surface area contributed by atoms with Crippen LogP contribution in [0.3, 0.4) is 0 Å². The molecule has 0 aromatic rings. The summed E-state index contributed by atoms with van der Waals surface area (Å²) in [6.07, 6.45) is 0.276. The van der Waals surface area contributed by atoms with Gasteiger partial charge in [0.25, 0.3) is 0 Å².